The van der Waals surface area contributed by atoms with Crippen LogP contribution in [0, 0.1) is 0 Å². The van der Waals surface area contributed by atoms with Gasteiger partial charge in [-0.15, -0.1) is 0 Å². The Morgan fingerprint density at radius 2 is 2.00 bits per heavy atom. The largest absolute Gasteiger partial charge is 0.379 e. The molecular weight excluding hydrogens is 208 g/mol. The zero-order chi connectivity index (χ0) is 11.8. The molecule has 0 aromatic rings. The fourth-order valence-electron chi connectivity index (χ4n) is 1.60. The van der Waals surface area contributed by atoms with Crippen molar-refractivity contribution in [3.8, 4) is 0 Å². The first-order valence-electron chi connectivity index (χ1n) is 6.13. The van der Waals surface area contributed by atoms with Gasteiger partial charge < -0.3 is 14.2 Å². The first-order valence-corrected chi connectivity index (χ1v) is 6.13. The highest BCUT2D eigenvalue weighted by Gasteiger charge is 2.41. The second-order valence-electron chi connectivity index (χ2n) is 3.92. The molecule has 0 amide bonds. The second-order valence-corrected chi connectivity index (χ2v) is 3.92. The molecule has 4 nitrogen and oxygen atoms in total. The number of carbonyl (C=O) groups is 1. The molecule has 1 rings (SSSR count). The first kappa shape index (κ1) is 13.6. The van der Waals surface area contributed by atoms with Gasteiger partial charge in [0.15, 0.2) is 5.78 Å². The highest BCUT2D eigenvalue weighted by molar-refractivity contribution is 5.90. The molecule has 0 N–H and O–H groups in total. The van der Waals surface area contributed by atoms with Gasteiger partial charge in [0.05, 0.1) is 19.3 Å². The summed E-state index contributed by atoms with van der Waals surface area (Å²) in [5.41, 5.74) is 0. The summed E-state index contributed by atoms with van der Waals surface area (Å²) >= 11 is 0. The molecule has 0 aliphatic heterocycles. The van der Waals surface area contributed by atoms with Crippen LogP contribution in [0.2, 0.25) is 0 Å². The van der Waals surface area contributed by atoms with Crippen LogP contribution in [0.5, 0.6) is 0 Å². The number of ether oxygens (including phenoxy) is 3. The maximum atomic E-state index is 11.2. The number of rotatable bonds is 9. The highest BCUT2D eigenvalue weighted by atomic mass is 16.6. The summed E-state index contributed by atoms with van der Waals surface area (Å²) in [5, 5.41) is 0. The topological polar surface area (TPSA) is 44.8 Å². The Morgan fingerprint density at radius 3 is 2.62 bits per heavy atom. The first-order chi connectivity index (χ1) is 7.79. The van der Waals surface area contributed by atoms with Gasteiger partial charge in [0, 0.05) is 19.6 Å². The molecule has 16 heavy (non-hydrogen) atoms. The Morgan fingerprint density at radius 1 is 1.19 bits per heavy atom. The van der Waals surface area contributed by atoms with E-state index < -0.39 is 0 Å². The van der Waals surface area contributed by atoms with Gasteiger partial charge in [-0.1, -0.05) is 13.3 Å². The van der Waals surface area contributed by atoms with Crippen molar-refractivity contribution in [1.82, 2.24) is 0 Å². The monoisotopic (exact) mass is 230 g/mol. The molecule has 2 atom stereocenters. The zero-order valence-electron chi connectivity index (χ0n) is 10.2. The zero-order valence-corrected chi connectivity index (χ0v) is 10.2. The van der Waals surface area contributed by atoms with Crippen LogP contribution in [0.4, 0.5) is 0 Å². The van der Waals surface area contributed by atoms with Crippen molar-refractivity contribution in [2.24, 2.45) is 0 Å². The van der Waals surface area contributed by atoms with Crippen LogP contribution in [0.3, 0.4) is 0 Å². The summed E-state index contributed by atoms with van der Waals surface area (Å²) in [5.74, 6) is 0.152. The normalized spacial score (nSPS) is 24.5. The van der Waals surface area contributed by atoms with Crippen molar-refractivity contribution in [3.05, 3.63) is 0 Å². The summed E-state index contributed by atoms with van der Waals surface area (Å²) in [6.45, 7) is 6.51. The lowest BCUT2D eigenvalue weighted by Crippen LogP contribution is -2.50. The smallest absolute Gasteiger partial charge is 0.166 e. The molecule has 0 saturated heterocycles. The number of hydrogen-bond acceptors (Lipinski definition) is 4. The Bertz CT molecular complexity index is 205. The number of hydrogen-bond donors (Lipinski definition) is 0. The minimum absolute atomic E-state index is 0.0535. The summed E-state index contributed by atoms with van der Waals surface area (Å²) in [4.78, 5) is 11.2. The minimum Gasteiger partial charge on any atom is -0.379 e. The van der Waals surface area contributed by atoms with Crippen molar-refractivity contribution in [2.45, 2.75) is 45.3 Å². The van der Waals surface area contributed by atoms with Crippen molar-refractivity contribution in [2.75, 3.05) is 26.4 Å². The predicted octanol–water partition coefficient (Wildman–Crippen LogP) is 1.57. The van der Waals surface area contributed by atoms with E-state index in [0.717, 1.165) is 19.4 Å². The molecule has 0 radical (unpaired) electrons. The van der Waals surface area contributed by atoms with Crippen LogP contribution in [-0.4, -0.2) is 44.4 Å². The summed E-state index contributed by atoms with van der Waals surface area (Å²) < 4.78 is 16.2. The lowest BCUT2D eigenvalue weighted by Gasteiger charge is -2.34. The minimum atomic E-state index is -0.333. The summed E-state index contributed by atoms with van der Waals surface area (Å²) in [7, 11) is 0. The molecule has 1 aliphatic carbocycles. The van der Waals surface area contributed by atoms with E-state index in [1.165, 1.54) is 0 Å². The van der Waals surface area contributed by atoms with Crippen LogP contribution in [0.1, 0.15) is 33.1 Å². The predicted molar refractivity (Wildman–Crippen MR) is 60.5 cm³/mol. The van der Waals surface area contributed by atoms with E-state index in [4.69, 9.17) is 14.2 Å². The van der Waals surface area contributed by atoms with Crippen LogP contribution in [0.15, 0.2) is 0 Å². The fraction of sp³-hybridized carbons (Fsp3) is 0.917. The molecular formula is C12H22O4. The number of ketones is 1. The Kier molecular flexibility index (Phi) is 6.61. The van der Waals surface area contributed by atoms with E-state index in [-0.39, 0.29) is 18.0 Å². The Balaban J connectivity index is 1.99. The van der Waals surface area contributed by atoms with Crippen molar-refractivity contribution in [1.29, 1.82) is 0 Å². The third-order valence-electron chi connectivity index (χ3n) is 2.61. The molecule has 0 heterocycles. The van der Waals surface area contributed by atoms with Crippen molar-refractivity contribution >= 4 is 5.78 Å². The molecule has 0 bridgehead atoms. The molecule has 2 unspecified atom stereocenters. The van der Waals surface area contributed by atoms with E-state index in [0.29, 0.717) is 26.2 Å². The van der Waals surface area contributed by atoms with Crippen LogP contribution in [-0.2, 0) is 19.0 Å². The van der Waals surface area contributed by atoms with E-state index in [2.05, 4.69) is 6.92 Å². The fourth-order valence-corrected chi connectivity index (χ4v) is 1.60. The van der Waals surface area contributed by atoms with Gasteiger partial charge in [0.25, 0.3) is 0 Å². The van der Waals surface area contributed by atoms with Gasteiger partial charge in [0.2, 0.25) is 0 Å². The molecule has 94 valence electrons. The molecule has 1 fully saturated rings. The van der Waals surface area contributed by atoms with Gasteiger partial charge in [-0.2, -0.15) is 0 Å². The molecule has 0 aromatic heterocycles. The molecule has 0 spiro atoms. The van der Waals surface area contributed by atoms with Gasteiger partial charge in [-0.05, 0) is 13.3 Å². The quantitative estimate of drug-likeness (QED) is 0.564. The van der Waals surface area contributed by atoms with E-state index in [9.17, 15) is 4.79 Å². The highest BCUT2D eigenvalue weighted by Crippen LogP contribution is 2.22. The third kappa shape index (κ3) is 4.20. The third-order valence-corrected chi connectivity index (χ3v) is 2.61. The molecule has 0 aromatic carbocycles. The molecule has 1 saturated carbocycles. The average Bonchev–Trinajstić information content (AvgIpc) is 2.29. The van der Waals surface area contributed by atoms with Crippen molar-refractivity contribution in [3.63, 3.8) is 0 Å². The standard InChI is InChI=1S/C12H22O4/c1-3-5-6-14-7-8-16-11-9-10(13)12(11)15-4-2/h11-12H,3-9H2,1-2H3. The maximum Gasteiger partial charge on any atom is 0.166 e. The van der Waals surface area contributed by atoms with Crippen molar-refractivity contribution < 1.29 is 19.0 Å². The van der Waals surface area contributed by atoms with Crippen LogP contribution in [0.25, 0.3) is 0 Å². The van der Waals surface area contributed by atoms with E-state index in [1.54, 1.807) is 0 Å². The second kappa shape index (κ2) is 7.76. The maximum absolute atomic E-state index is 11.2. The van der Waals surface area contributed by atoms with E-state index in [1.807, 2.05) is 6.92 Å². The summed E-state index contributed by atoms with van der Waals surface area (Å²) in [6, 6.07) is 0. The lowest BCUT2D eigenvalue weighted by molar-refractivity contribution is -0.166. The molecule has 4 heteroatoms. The van der Waals surface area contributed by atoms with Crippen LogP contribution < -0.4 is 0 Å². The van der Waals surface area contributed by atoms with E-state index >= 15 is 0 Å². The molecule has 1 aliphatic rings. The SMILES string of the molecule is CCCCOCCOC1CC(=O)C1OCC. The Labute approximate surface area is 97.2 Å². The van der Waals surface area contributed by atoms with Gasteiger partial charge in [0.1, 0.15) is 6.10 Å². The number of Topliss-reactive ketones (excluding diaryl/α,β-unsaturated/α-hetero) is 1. The van der Waals surface area contributed by atoms with Gasteiger partial charge in [-0.3, -0.25) is 4.79 Å². The van der Waals surface area contributed by atoms with Crippen LogP contribution >= 0.6 is 0 Å². The number of carbonyl (C=O) groups excluding carboxylic acids is 1. The lowest BCUT2D eigenvalue weighted by atomic mass is 9.90. The Hall–Kier alpha value is -0.450. The summed E-state index contributed by atoms with van der Waals surface area (Å²) in [6.07, 6.45) is 2.33. The van der Waals surface area contributed by atoms with Gasteiger partial charge in [-0.25, -0.2) is 0 Å². The average molecular weight is 230 g/mol. The number of unbranched alkanes of at least 4 members (excludes halogenated alkanes) is 1. The van der Waals surface area contributed by atoms with Gasteiger partial charge >= 0.3 is 0 Å².